The first kappa shape index (κ1) is 23.8. The van der Waals surface area contributed by atoms with E-state index in [1.165, 1.54) is 4.31 Å². The summed E-state index contributed by atoms with van der Waals surface area (Å²) in [5.74, 6) is 1.12. The SMILES string of the molecule is COc1ccc(OC)c([C@@H](C)NC(=O)CCCN(c2cccc(Cl)c2)S(C)(=O)=O)c1. The van der Waals surface area contributed by atoms with E-state index in [1.54, 1.807) is 50.6 Å². The number of benzene rings is 2. The largest absolute Gasteiger partial charge is 0.497 e. The van der Waals surface area contributed by atoms with Crippen LogP contribution in [0.3, 0.4) is 0 Å². The molecule has 0 saturated heterocycles. The Labute approximate surface area is 183 Å². The summed E-state index contributed by atoms with van der Waals surface area (Å²) in [4.78, 5) is 12.4. The molecule has 0 aliphatic heterocycles. The Kier molecular flexibility index (Phi) is 8.37. The molecule has 0 unspecified atom stereocenters. The van der Waals surface area contributed by atoms with Gasteiger partial charge in [0.05, 0.1) is 32.2 Å². The molecular weight excluding hydrogens is 428 g/mol. The van der Waals surface area contributed by atoms with Crippen molar-refractivity contribution < 1.29 is 22.7 Å². The Morgan fingerprint density at radius 2 is 1.90 bits per heavy atom. The van der Waals surface area contributed by atoms with E-state index in [2.05, 4.69) is 5.32 Å². The van der Waals surface area contributed by atoms with Crippen molar-refractivity contribution in [3.8, 4) is 11.5 Å². The summed E-state index contributed by atoms with van der Waals surface area (Å²) >= 11 is 5.98. The fourth-order valence-electron chi connectivity index (χ4n) is 3.07. The van der Waals surface area contributed by atoms with Crippen molar-refractivity contribution in [3.05, 3.63) is 53.1 Å². The van der Waals surface area contributed by atoms with Gasteiger partial charge in [-0.1, -0.05) is 17.7 Å². The number of halogens is 1. The molecule has 0 spiro atoms. The zero-order valence-electron chi connectivity index (χ0n) is 17.5. The molecule has 0 saturated carbocycles. The highest BCUT2D eigenvalue weighted by molar-refractivity contribution is 7.92. The number of carbonyl (C=O) groups excluding carboxylic acids is 1. The topological polar surface area (TPSA) is 84.9 Å². The first-order valence-corrected chi connectivity index (χ1v) is 11.6. The second-order valence-electron chi connectivity index (χ2n) is 6.82. The summed E-state index contributed by atoms with van der Waals surface area (Å²) in [6, 6.07) is 11.7. The van der Waals surface area contributed by atoms with E-state index >= 15 is 0 Å². The maximum Gasteiger partial charge on any atom is 0.232 e. The van der Waals surface area contributed by atoms with Gasteiger partial charge in [-0.05, 0) is 49.7 Å². The highest BCUT2D eigenvalue weighted by Crippen LogP contribution is 2.29. The van der Waals surface area contributed by atoms with Crippen molar-refractivity contribution in [2.45, 2.75) is 25.8 Å². The molecular formula is C21H27ClN2O5S. The summed E-state index contributed by atoms with van der Waals surface area (Å²) in [7, 11) is -0.366. The lowest BCUT2D eigenvalue weighted by molar-refractivity contribution is -0.121. The molecule has 2 aromatic rings. The molecule has 0 fully saturated rings. The first-order chi connectivity index (χ1) is 14.2. The number of nitrogens with one attached hydrogen (secondary N) is 1. The van der Waals surface area contributed by atoms with Gasteiger partial charge in [0.2, 0.25) is 15.9 Å². The van der Waals surface area contributed by atoms with Gasteiger partial charge in [-0.2, -0.15) is 0 Å². The number of nitrogens with zero attached hydrogens (tertiary/aromatic N) is 1. The standard InChI is InChI=1S/C21H27ClN2O5S/c1-15(19-14-18(28-2)10-11-20(19)29-3)23-21(25)9-6-12-24(30(4,26)27)17-8-5-7-16(22)13-17/h5,7-8,10-11,13-15H,6,9,12H2,1-4H3,(H,23,25)/t15-/m1/s1. The highest BCUT2D eigenvalue weighted by atomic mass is 35.5. The van der Waals surface area contributed by atoms with Gasteiger partial charge in [0.25, 0.3) is 0 Å². The van der Waals surface area contributed by atoms with Crippen LogP contribution in [0.5, 0.6) is 11.5 Å². The van der Waals surface area contributed by atoms with Crippen LogP contribution in [0.15, 0.2) is 42.5 Å². The molecule has 0 aliphatic rings. The Morgan fingerprint density at radius 3 is 2.50 bits per heavy atom. The van der Waals surface area contributed by atoms with E-state index < -0.39 is 10.0 Å². The number of sulfonamides is 1. The van der Waals surface area contributed by atoms with Crippen LogP contribution in [0.4, 0.5) is 5.69 Å². The molecule has 0 radical (unpaired) electrons. The molecule has 0 aliphatic carbocycles. The summed E-state index contributed by atoms with van der Waals surface area (Å²) in [5.41, 5.74) is 1.27. The van der Waals surface area contributed by atoms with Crippen LogP contribution >= 0.6 is 11.6 Å². The molecule has 1 amide bonds. The van der Waals surface area contributed by atoms with E-state index in [4.69, 9.17) is 21.1 Å². The molecule has 2 aromatic carbocycles. The van der Waals surface area contributed by atoms with Crippen LogP contribution in [0.1, 0.15) is 31.4 Å². The number of ether oxygens (including phenoxy) is 2. The second-order valence-corrected chi connectivity index (χ2v) is 9.16. The van der Waals surface area contributed by atoms with Crippen LogP contribution in [0.25, 0.3) is 0 Å². The third-order valence-electron chi connectivity index (χ3n) is 4.54. The summed E-state index contributed by atoms with van der Waals surface area (Å²) in [6.45, 7) is 2.02. The molecule has 30 heavy (non-hydrogen) atoms. The van der Waals surface area contributed by atoms with Crippen molar-refractivity contribution >= 4 is 33.2 Å². The summed E-state index contributed by atoms with van der Waals surface area (Å²) < 4.78 is 36.2. The van der Waals surface area contributed by atoms with Crippen molar-refractivity contribution in [1.82, 2.24) is 5.32 Å². The third-order valence-corrected chi connectivity index (χ3v) is 5.97. The lowest BCUT2D eigenvalue weighted by atomic mass is 10.1. The maximum absolute atomic E-state index is 12.4. The van der Waals surface area contributed by atoms with Crippen LogP contribution in [0.2, 0.25) is 5.02 Å². The zero-order valence-corrected chi connectivity index (χ0v) is 19.1. The van der Waals surface area contributed by atoms with Crippen molar-refractivity contribution in [2.75, 3.05) is 31.3 Å². The number of rotatable bonds is 10. The van der Waals surface area contributed by atoms with E-state index in [9.17, 15) is 13.2 Å². The van der Waals surface area contributed by atoms with Crippen molar-refractivity contribution in [3.63, 3.8) is 0 Å². The van der Waals surface area contributed by atoms with Gasteiger partial charge in [-0.15, -0.1) is 0 Å². The van der Waals surface area contributed by atoms with E-state index in [-0.39, 0.29) is 24.9 Å². The van der Waals surface area contributed by atoms with Crippen LogP contribution in [0, 0.1) is 0 Å². The summed E-state index contributed by atoms with van der Waals surface area (Å²) in [6.07, 6.45) is 1.65. The van der Waals surface area contributed by atoms with Gasteiger partial charge in [0.15, 0.2) is 0 Å². The number of carbonyl (C=O) groups is 1. The van der Waals surface area contributed by atoms with Crippen LogP contribution in [-0.2, 0) is 14.8 Å². The van der Waals surface area contributed by atoms with Gasteiger partial charge in [0, 0.05) is 23.6 Å². The molecule has 9 heteroatoms. The Hall–Kier alpha value is -2.45. The monoisotopic (exact) mass is 454 g/mol. The Bertz CT molecular complexity index is 981. The fraction of sp³-hybridized carbons (Fsp3) is 0.381. The molecule has 164 valence electrons. The van der Waals surface area contributed by atoms with Gasteiger partial charge in [-0.25, -0.2) is 8.42 Å². The Balaban J connectivity index is 2.00. The predicted octanol–water partition coefficient (Wildman–Crippen LogP) is 3.78. The minimum Gasteiger partial charge on any atom is -0.497 e. The molecule has 2 rings (SSSR count). The highest BCUT2D eigenvalue weighted by Gasteiger charge is 2.19. The normalized spacial score (nSPS) is 12.2. The van der Waals surface area contributed by atoms with E-state index in [0.717, 1.165) is 11.8 Å². The maximum atomic E-state index is 12.4. The van der Waals surface area contributed by atoms with Crippen molar-refractivity contribution in [2.24, 2.45) is 0 Å². The quantitative estimate of drug-likeness (QED) is 0.590. The number of methoxy groups -OCH3 is 2. The second kappa shape index (κ2) is 10.5. The zero-order chi connectivity index (χ0) is 22.3. The van der Waals surface area contributed by atoms with E-state index in [1.807, 2.05) is 13.0 Å². The smallest absolute Gasteiger partial charge is 0.232 e. The first-order valence-electron chi connectivity index (χ1n) is 9.40. The van der Waals surface area contributed by atoms with Gasteiger partial charge < -0.3 is 14.8 Å². The average Bonchev–Trinajstić information content (AvgIpc) is 2.69. The lowest BCUT2D eigenvalue weighted by Gasteiger charge is -2.23. The minimum atomic E-state index is -3.50. The molecule has 0 aromatic heterocycles. The molecule has 0 heterocycles. The number of hydrogen-bond acceptors (Lipinski definition) is 5. The number of anilines is 1. The number of amides is 1. The predicted molar refractivity (Wildman–Crippen MR) is 119 cm³/mol. The van der Waals surface area contributed by atoms with E-state index in [0.29, 0.717) is 28.6 Å². The van der Waals surface area contributed by atoms with Gasteiger partial charge in [-0.3, -0.25) is 9.10 Å². The third kappa shape index (κ3) is 6.53. The van der Waals surface area contributed by atoms with Crippen molar-refractivity contribution in [1.29, 1.82) is 0 Å². The van der Waals surface area contributed by atoms with Gasteiger partial charge >= 0.3 is 0 Å². The van der Waals surface area contributed by atoms with Gasteiger partial charge in [0.1, 0.15) is 11.5 Å². The number of hydrogen-bond donors (Lipinski definition) is 1. The van der Waals surface area contributed by atoms with Crippen LogP contribution in [-0.4, -0.2) is 41.3 Å². The molecule has 0 bridgehead atoms. The fourth-order valence-corrected chi connectivity index (χ4v) is 4.21. The minimum absolute atomic E-state index is 0.170. The molecule has 1 N–H and O–H groups in total. The van der Waals surface area contributed by atoms with Crippen LogP contribution < -0.4 is 19.1 Å². The Morgan fingerprint density at radius 1 is 1.17 bits per heavy atom. The molecule has 1 atom stereocenters. The lowest BCUT2D eigenvalue weighted by Crippen LogP contribution is -2.32. The summed E-state index contributed by atoms with van der Waals surface area (Å²) in [5, 5.41) is 3.36. The molecule has 7 nitrogen and oxygen atoms in total. The average molecular weight is 455 g/mol.